The normalized spacial score (nSPS) is 20.4. The van der Waals surface area contributed by atoms with Crippen LogP contribution in [0, 0.1) is 5.92 Å². The molecule has 2 fully saturated rings. The third-order valence-electron chi connectivity index (χ3n) is 6.89. The predicted octanol–water partition coefficient (Wildman–Crippen LogP) is 3.65. The van der Waals surface area contributed by atoms with E-state index in [1.165, 1.54) is 5.69 Å². The second kappa shape index (κ2) is 9.84. The molecular weight excluding hydrogens is 400 g/mol. The van der Waals surface area contributed by atoms with Gasteiger partial charge in [0.05, 0.1) is 13.2 Å². The van der Waals surface area contributed by atoms with E-state index < -0.39 is 0 Å². The lowest BCUT2D eigenvalue weighted by Crippen LogP contribution is -2.37. The largest absolute Gasteiger partial charge is 0.379 e. The van der Waals surface area contributed by atoms with E-state index in [1.54, 1.807) is 0 Å². The van der Waals surface area contributed by atoms with Crippen LogP contribution in [0.1, 0.15) is 40.9 Å². The van der Waals surface area contributed by atoms with Gasteiger partial charge in [0, 0.05) is 56.4 Å². The number of rotatable bonds is 5. The van der Waals surface area contributed by atoms with Gasteiger partial charge in [-0.15, -0.1) is 0 Å². The SMILES string of the molecule is O=C(c1ccccc1CN1CCOCC1)N1CCC[C@@H](Cc2cccc3nccn23)CC1. The molecule has 2 aromatic heterocycles. The number of likely N-dealkylation sites (tertiary alicyclic amines) is 1. The highest BCUT2D eigenvalue weighted by atomic mass is 16.5. The van der Waals surface area contributed by atoms with Crippen molar-refractivity contribution in [1.29, 1.82) is 0 Å². The van der Waals surface area contributed by atoms with E-state index >= 15 is 0 Å². The molecule has 0 N–H and O–H groups in total. The maximum absolute atomic E-state index is 13.5. The van der Waals surface area contributed by atoms with E-state index in [4.69, 9.17) is 4.74 Å². The number of hydrogen-bond donors (Lipinski definition) is 0. The molecule has 2 aliphatic rings. The van der Waals surface area contributed by atoms with Crippen LogP contribution in [0.5, 0.6) is 0 Å². The fourth-order valence-corrected chi connectivity index (χ4v) is 5.08. The molecule has 1 atom stereocenters. The Morgan fingerprint density at radius 2 is 1.88 bits per heavy atom. The van der Waals surface area contributed by atoms with E-state index in [2.05, 4.69) is 37.4 Å². The molecule has 168 valence electrons. The zero-order valence-electron chi connectivity index (χ0n) is 18.7. The number of fused-ring (bicyclic) bond motifs is 1. The van der Waals surface area contributed by atoms with Gasteiger partial charge in [-0.05, 0) is 55.4 Å². The standard InChI is InChI=1S/C26H32N4O2/c31-26(24-8-2-1-6-22(24)20-28-15-17-32-18-16-28)29-12-4-5-21(10-13-29)19-23-7-3-9-25-27-11-14-30(23)25/h1-3,6-9,11,14,21H,4-5,10,12-13,15-20H2/t21-/m1/s1. The number of morpholine rings is 1. The number of pyridine rings is 1. The summed E-state index contributed by atoms with van der Waals surface area (Å²) in [6.07, 6.45) is 8.20. The van der Waals surface area contributed by atoms with Crippen LogP contribution in [0.4, 0.5) is 0 Å². The lowest BCUT2D eigenvalue weighted by molar-refractivity contribution is 0.0340. The van der Waals surface area contributed by atoms with Crippen molar-refractivity contribution in [3.8, 4) is 0 Å². The van der Waals surface area contributed by atoms with Crippen LogP contribution < -0.4 is 0 Å². The first kappa shape index (κ1) is 21.2. The lowest BCUT2D eigenvalue weighted by Gasteiger charge is -2.28. The lowest BCUT2D eigenvalue weighted by atomic mass is 9.95. The molecular formula is C26H32N4O2. The van der Waals surface area contributed by atoms with Gasteiger partial charge in [-0.2, -0.15) is 0 Å². The van der Waals surface area contributed by atoms with E-state index in [0.717, 1.165) is 88.4 Å². The van der Waals surface area contributed by atoms with E-state index in [0.29, 0.717) is 5.92 Å². The minimum Gasteiger partial charge on any atom is -0.379 e. The van der Waals surface area contributed by atoms with Gasteiger partial charge in [0.25, 0.3) is 5.91 Å². The van der Waals surface area contributed by atoms with Gasteiger partial charge in [0.2, 0.25) is 0 Å². The molecule has 0 unspecified atom stereocenters. The smallest absolute Gasteiger partial charge is 0.254 e. The van der Waals surface area contributed by atoms with E-state index in [1.807, 2.05) is 36.7 Å². The number of hydrogen-bond acceptors (Lipinski definition) is 4. The Bertz CT molecular complexity index is 1060. The summed E-state index contributed by atoms with van der Waals surface area (Å²) >= 11 is 0. The molecule has 3 aromatic rings. The van der Waals surface area contributed by atoms with Crippen LogP contribution in [-0.2, 0) is 17.7 Å². The van der Waals surface area contributed by atoms with Gasteiger partial charge in [0.1, 0.15) is 5.65 Å². The predicted molar refractivity (Wildman–Crippen MR) is 125 cm³/mol. The molecule has 32 heavy (non-hydrogen) atoms. The summed E-state index contributed by atoms with van der Waals surface area (Å²) in [6, 6.07) is 14.5. The number of carbonyl (C=O) groups is 1. The van der Waals surface area contributed by atoms with Crippen molar-refractivity contribution in [2.75, 3.05) is 39.4 Å². The summed E-state index contributed by atoms with van der Waals surface area (Å²) in [5.41, 5.74) is 4.30. The minimum absolute atomic E-state index is 0.186. The van der Waals surface area contributed by atoms with Gasteiger partial charge in [-0.25, -0.2) is 4.98 Å². The highest BCUT2D eigenvalue weighted by Crippen LogP contribution is 2.24. The van der Waals surface area contributed by atoms with Crippen LogP contribution in [0.2, 0.25) is 0 Å². The zero-order chi connectivity index (χ0) is 21.8. The molecule has 5 rings (SSSR count). The first-order valence-corrected chi connectivity index (χ1v) is 11.9. The van der Waals surface area contributed by atoms with Crippen molar-refractivity contribution in [1.82, 2.24) is 19.2 Å². The van der Waals surface area contributed by atoms with Crippen molar-refractivity contribution in [3.05, 3.63) is 71.7 Å². The number of nitrogens with zero attached hydrogens (tertiary/aromatic N) is 4. The number of aromatic nitrogens is 2. The molecule has 2 saturated heterocycles. The summed E-state index contributed by atoms with van der Waals surface area (Å²) < 4.78 is 7.66. The zero-order valence-corrected chi connectivity index (χ0v) is 18.7. The summed E-state index contributed by atoms with van der Waals surface area (Å²) in [6.45, 7) is 5.89. The molecule has 1 amide bonds. The monoisotopic (exact) mass is 432 g/mol. The second-order valence-electron chi connectivity index (χ2n) is 9.01. The van der Waals surface area contributed by atoms with Gasteiger partial charge < -0.3 is 14.0 Å². The van der Waals surface area contributed by atoms with E-state index in [-0.39, 0.29) is 5.91 Å². The summed E-state index contributed by atoms with van der Waals surface area (Å²) in [7, 11) is 0. The Morgan fingerprint density at radius 3 is 2.78 bits per heavy atom. The van der Waals surface area contributed by atoms with Crippen molar-refractivity contribution in [2.45, 2.75) is 32.2 Å². The second-order valence-corrected chi connectivity index (χ2v) is 9.01. The average Bonchev–Trinajstić information content (AvgIpc) is 3.20. The van der Waals surface area contributed by atoms with Crippen LogP contribution >= 0.6 is 0 Å². The molecule has 2 aliphatic heterocycles. The topological polar surface area (TPSA) is 50.1 Å². The number of carbonyl (C=O) groups excluding carboxylic acids is 1. The molecule has 0 radical (unpaired) electrons. The Labute approximate surface area is 189 Å². The number of amides is 1. The van der Waals surface area contributed by atoms with Gasteiger partial charge in [-0.3, -0.25) is 9.69 Å². The molecule has 6 nitrogen and oxygen atoms in total. The van der Waals surface area contributed by atoms with Crippen LogP contribution in [0.25, 0.3) is 5.65 Å². The third-order valence-corrected chi connectivity index (χ3v) is 6.89. The van der Waals surface area contributed by atoms with Gasteiger partial charge in [-0.1, -0.05) is 24.3 Å². The van der Waals surface area contributed by atoms with Crippen LogP contribution in [0.15, 0.2) is 54.9 Å². The first-order valence-electron chi connectivity index (χ1n) is 11.9. The summed E-state index contributed by atoms with van der Waals surface area (Å²) in [4.78, 5) is 22.4. The Kier molecular flexibility index (Phi) is 6.51. The molecule has 0 aliphatic carbocycles. The molecule has 1 aromatic carbocycles. The van der Waals surface area contributed by atoms with Crippen molar-refractivity contribution < 1.29 is 9.53 Å². The fraction of sp³-hybridized carbons (Fsp3) is 0.462. The van der Waals surface area contributed by atoms with Crippen molar-refractivity contribution >= 4 is 11.6 Å². The number of ether oxygens (including phenoxy) is 1. The average molecular weight is 433 g/mol. The molecule has 4 heterocycles. The van der Waals surface area contributed by atoms with Crippen LogP contribution in [0.3, 0.4) is 0 Å². The molecule has 0 saturated carbocycles. The maximum Gasteiger partial charge on any atom is 0.254 e. The first-order chi connectivity index (χ1) is 15.8. The molecule has 0 bridgehead atoms. The minimum atomic E-state index is 0.186. The quantitative estimate of drug-likeness (QED) is 0.618. The fourth-order valence-electron chi connectivity index (χ4n) is 5.08. The summed E-state index contributed by atoms with van der Waals surface area (Å²) in [5, 5.41) is 0. The summed E-state index contributed by atoms with van der Waals surface area (Å²) in [5.74, 6) is 0.774. The van der Waals surface area contributed by atoms with Gasteiger partial charge in [0.15, 0.2) is 0 Å². The highest BCUT2D eigenvalue weighted by molar-refractivity contribution is 5.95. The van der Waals surface area contributed by atoms with Gasteiger partial charge >= 0.3 is 0 Å². The maximum atomic E-state index is 13.5. The van der Waals surface area contributed by atoms with Crippen molar-refractivity contribution in [2.24, 2.45) is 5.92 Å². The van der Waals surface area contributed by atoms with Crippen molar-refractivity contribution in [3.63, 3.8) is 0 Å². The number of imidazole rings is 1. The highest BCUT2D eigenvalue weighted by Gasteiger charge is 2.24. The van der Waals surface area contributed by atoms with E-state index in [9.17, 15) is 4.79 Å². The number of benzene rings is 1. The Balaban J connectivity index is 1.24. The molecule has 6 heteroatoms. The molecule has 0 spiro atoms. The van der Waals surface area contributed by atoms with Crippen LogP contribution in [-0.4, -0.2) is 64.5 Å². The Hall–Kier alpha value is -2.70. The Morgan fingerprint density at radius 1 is 1.00 bits per heavy atom. The third kappa shape index (κ3) is 4.71.